The van der Waals surface area contributed by atoms with Gasteiger partial charge in [-0.25, -0.2) is 4.39 Å². The minimum absolute atomic E-state index is 0.261. The molecule has 0 atom stereocenters. The fourth-order valence-electron chi connectivity index (χ4n) is 1.60. The Bertz CT molecular complexity index is 645. The first-order valence-corrected chi connectivity index (χ1v) is 6.71. The lowest BCUT2D eigenvalue weighted by Crippen LogP contribution is -2.11. The maximum atomic E-state index is 13.0. The molecule has 0 spiro atoms. The molecule has 19 heavy (non-hydrogen) atoms. The zero-order chi connectivity index (χ0) is 14.0. The summed E-state index contributed by atoms with van der Waals surface area (Å²) in [5.41, 5.74) is 7.37. The van der Waals surface area contributed by atoms with Crippen molar-refractivity contribution in [2.75, 3.05) is 0 Å². The summed E-state index contributed by atoms with van der Waals surface area (Å²) >= 11 is 8.26. The van der Waals surface area contributed by atoms with Gasteiger partial charge in [0.05, 0.1) is 10.0 Å². The lowest BCUT2D eigenvalue weighted by molar-refractivity contribution is 0.476. The van der Waals surface area contributed by atoms with Crippen molar-refractivity contribution < 1.29 is 9.13 Å². The molecule has 0 bridgehead atoms. The van der Waals surface area contributed by atoms with Gasteiger partial charge in [-0.3, -0.25) is 0 Å². The number of thiocarbonyl (C=S) groups is 1. The topological polar surface area (TPSA) is 35.2 Å². The van der Waals surface area contributed by atoms with Crippen LogP contribution in [-0.2, 0) is 0 Å². The fourth-order valence-corrected chi connectivity index (χ4v) is 2.19. The van der Waals surface area contributed by atoms with Crippen LogP contribution in [0.4, 0.5) is 4.39 Å². The summed E-state index contributed by atoms with van der Waals surface area (Å²) in [5.74, 6) is 0.714. The van der Waals surface area contributed by atoms with Crippen molar-refractivity contribution in [1.29, 1.82) is 0 Å². The Kier molecular flexibility index (Phi) is 4.17. The molecule has 2 aromatic carbocycles. The zero-order valence-corrected chi connectivity index (χ0v) is 12.5. The Hall–Kier alpha value is -1.46. The number of hydrogen-bond acceptors (Lipinski definition) is 2. The molecule has 0 saturated carbocycles. The summed E-state index contributed by atoms with van der Waals surface area (Å²) in [4.78, 5) is 0.261. The second kappa shape index (κ2) is 5.67. The standard InChI is InChI=1S/C14H11BrFNOS/c1-8-2-4-12(10(6-8)14(17)19)18-13-5-3-9(16)7-11(13)15/h2-7H,1H3,(H2,17,19). The Balaban J connectivity index is 2.40. The minimum atomic E-state index is -0.335. The first-order valence-electron chi connectivity index (χ1n) is 5.51. The van der Waals surface area contributed by atoms with Gasteiger partial charge in [-0.1, -0.05) is 23.8 Å². The predicted octanol–water partition coefficient (Wildman–Crippen LogP) is 4.32. The van der Waals surface area contributed by atoms with Crippen LogP contribution in [0, 0.1) is 12.7 Å². The normalized spacial score (nSPS) is 10.3. The van der Waals surface area contributed by atoms with Crippen molar-refractivity contribution in [3.8, 4) is 11.5 Å². The molecule has 0 heterocycles. The first kappa shape index (κ1) is 14.0. The van der Waals surface area contributed by atoms with E-state index in [1.165, 1.54) is 12.1 Å². The third-order valence-corrected chi connectivity index (χ3v) is 3.35. The molecule has 0 amide bonds. The smallest absolute Gasteiger partial charge is 0.141 e. The maximum absolute atomic E-state index is 13.0. The Morgan fingerprint density at radius 1 is 1.21 bits per heavy atom. The Morgan fingerprint density at radius 3 is 2.53 bits per heavy atom. The van der Waals surface area contributed by atoms with E-state index in [-0.39, 0.29) is 10.8 Å². The molecule has 0 radical (unpaired) electrons. The molecule has 5 heteroatoms. The van der Waals surface area contributed by atoms with Crippen LogP contribution in [0.2, 0.25) is 0 Å². The van der Waals surface area contributed by atoms with Gasteiger partial charge >= 0.3 is 0 Å². The van der Waals surface area contributed by atoms with Gasteiger partial charge in [0.2, 0.25) is 0 Å². The number of benzene rings is 2. The van der Waals surface area contributed by atoms with E-state index in [2.05, 4.69) is 15.9 Å². The summed E-state index contributed by atoms with van der Waals surface area (Å²) in [7, 11) is 0. The monoisotopic (exact) mass is 339 g/mol. The largest absolute Gasteiger partial charge is 0.455 e. The summed E-state index contributed by atoms with van der Waals surface area (Å²) < 4.78 is 19.3. The number of hydrogen-bond donors (Lipinski definition) is 1. The zero-order valence-electron chi connectivity index (χ0n) is 10.1. The molecule has 2 rings (SSSR count). The van der Waals surface area contributed by atoms with E-state index in [4.69, 9.17) is 22.7 Å². The molecule has 2 nitrogen and oxygen atoms in total. The van der Waals surface area contributed by atoms with Gasteiger partial charge in [-0.2, -0.15) is 0 Å². The molecular weight excluding hydrogens is 329 g/mol. The van der Waals surface area contributed by atoms with Crippen LogP contribution in [0.3, 0.4) is 0 Å². The van der Waals surface area contributed by atoms with Gasteiger partial charge in [-0.05, 0) is 53.2 Å². The van der Waals surface area contributed by atoms with Gasteiger partial charge in [0.15, 0.2) is 0 Å². The van der Waals surface area contributed by atoms with E-state index >= 15 is 0 Å². The predicted molar refractivity (Wildman–Crippen MR) is 81.2 cm³/mol. The van der Waals surface area contributed by atoms with Crippen LogP contribution < -0.4 is 10.5 Å². The van der Waals surface area contributed by atoms with Crippen molar-refractivity contribution in [1.82, 2.24) is 0 Å². The SMILES string of the molecule is Cc1ccc(Oc2ccc(F)cc2Br)c(C(N)=S)c1. The average Bonchev–Trinajstić information content (AvgIpc) is 2.34. The van der Waals surface area contributed by atoms with E-state index in [1.54, 1.807) is 12.1 Å². The molecule has 0 fully saturated rings. The number of rotatable bonds is 3. The third kappa shape index (κ3) is 3.30. The van der Waals surface area contributed by atoms with Gasteiger partial charge in [0, 0.05) is 0 Å². The quantitative estimate of drug-likeness (QED) is 0.845. The van der Waals surface area contributed by atoms with Crippen LogP contribution in [0.5, 0.6) is 11.5 Å². The highest BCUT2D eigenvalue weighted by molar-refractivity contribution is 9.10. The van der Waals surface area contributed by atoms with Gasteiger partial charge < -0.3 is 10.5 Å². The third-order valence-electron chi connectivity index (χ3n) is 2.51. The number of halogens is 2. The highest BCUT2D eigenvalue weighted by Crippen LogP contribution is 2.32. The van der Waals surface area contributed by atoms with E-state index in [9.17, 15) is 4.39 Å². The van der Waals surface area contributed by atoms with E-state index in [0.717, 1.165) is 5.56 Å². The molecule has 0 unspecified atom stereocenters. The molecule has 2 N–H and O–H groups in total. The van der Waals surface area contributed by atoms with Gasteiger partial charge in [0.25, 0.3) is 0 Å². The summed E-state index contributed by atoms with van der Waals surface area (Å²) in [6.45, 7) is 1.94. The molecule has 0 aliphatic rings. The molecule has 0 aromatic heterocycles. The first-order chi connectivity index (χ1) is 8.97. The van der Waals surface area contributed by atoms with Crippen molar-refractivity contribution in [3.63, 3.8) is 0 Å². The van der Waals surface area contributed by atoms with E-state index < -0.39 is 0 Å². The number of nitrogens with two attached hydrogens (primary N) is 1. The lowest BCUT2D eigenvalue weighted by atomic mass is 10.1. The lowest BCUT2D eigenvalue weighted by Gasteiger charge is -2.12. The Labute approximate surface area is 124 Å². The molecule has 0 aliphatic carbocycles. The molecular formula is C14H11BrFNOS. The second-order valence-electron chi connectivity index (χ2n) is 4.04. The molecule has 2 aromatic rings. The average molecular weight is 340 g/mol. The second-order valence-corrected chi connectivity index (χ2v) is 5.33. The summed E-state index contributed by atoms with van der Waals surface area (Å²) in [6.07, 6.45) is 0. The highest BCUT2D eigenvalue weighted by Gasteiger charge is 2.10. The fraction of sp³-hybridized carbons (Fsp3) is 0.0714. The van der Waals surface area contributed by atoms with Crippen LogP contribution >= 0.6 is 28.1 Å². The van der Waals surface area contributed by atoms with Crippen LogP contribution in [-0.4, -0.2) is 4.99 Å². The van der Waals surface area contributed by atoms with Crippen molar-refractivity contribution >= 4 is 33.1 Å². The van der Waals surface area contributed by atoms with Crippen molar-refractivity contribution in [2.24, 2.45) is 5.73 Å². The highest BCUT2D eigenvalue weighted by atomic mass is 79.9. The van der Waals surface area contributed by atoms with Crippen LogP contribution in [0.25, 0.3) is 0 Å². The molecule has 0 saturated heterocycles. The number of ether oxygens (including phenoxy) is 1. The van der Waals surface area contributed by atoms with Gasteiger partial charge in [-0.15, -0.1) is 0 Å². The van der Waals surface area contributed by atoms with Crippen LogP contribution in [0.15, 0.2) is 40.9 Å². The summed E-state index contributed by atoms with van der Waals surface area (Å²) in [6, 6.07) is 9.75. The van der Waals surface area contributed by atoms with Gasteiger partial charge in [0.1, 0.15) is 22.3 Å². The molecule has 98 valence electrons. The van der Waals surface area contributed by atoms with E-state index in [0.29, 0.717) is 21.5 Å². The Morgan fingerprint density at radius 2 is 1.89 bits per heavy atom. The maximum Gasteiger partial charge on any atom is 0.141 e. The van der Waals surface area contributed by atoms with Crippen molar-refractivity contribution in [2.45, 2.75) is 6.92 Å². The van der Waals surface area contributed by atoms with E-state index in [1.807, 2.05) is 19.1 Å². The van der Waals surface area contributed by atoms with Crippen LogP contribution in [0.1, 0.15) is 11.1 Å². The number of aryl methyl sites for hydroxylation is 1. The molecule has 0 aliphatic heterocycles. The minimum Gasteiger partial charge on any atom is -0.455 e. The van der Waals surface area contributed by atoms with Crippen molar-refractivity contribution in [3.05, 3.63) is 57.8 Å². The summed E-state index contributed by atoms with van der Waals surface area (Å²) in [5, 5.41) is 0.